The van der Waals surface area contributed by atoms with Gasteiger partial charge in [-0.15, -0.1) is 0 Å². The predicted octanol–water partition coefficient (Wildman–Crippen LogP) is 8.99. The molecule has 0 saturated carbocycles. The third-order valence-electron chi connectivity index (χ3n) is 3.47. The number of benzene rings is 2. The number of hydrogen-bond donors (Lipinski definition) is 0. The third-order valence-corrected chi connectivity index (χ3v) is 6.27. The van der Waals surface area contributed by atoms with Gasteiger partial charge in [0.15, 0.2) is 0 Å². The Morgan fingerprint density at radius 1 is 0.480 bits per heavy atom. The molecule has 1 nitrogen and oxygen atoms in total. The molecule has 0 fully saturated rings. The molecule has 3 rings (SSSR count). The lowest BCUT2D eigenvalue weighted by Crippen LogP contribution is -1.89. The summed E-state index contributed by atoms with van der Waals surface area (Å²) in [5.74, 6) is 0. The maximum atomic E-state index is 6.59. The van der Waals surface area contributed by atoms with Crippen LogP contribution in [0.2, 0.25) is 35.2 Å². The lowest BCUT2D eigenvalue weighted by atomic mass is 10.0. The molecule has 0 spiro atoms. The van der Waals surface area contributed by atoms with Crippen LogP contribution in [0, 0.1) is 0 Å². The first-order valence-corrected chi connectivity index (χ1v) is 9.37. The second-order valence-electron chi connectivity index (χ2n) is 5.06. The van der Waals surface area contributed by atoms with Gasteiger partial charge in [0.1, 0.15) is 0 Å². The van der Waals surface area contributed by atoms with Gasteiger partial charge in [-0.1, -0.05) is 81.2 Å². The third kappa shape index (κ3) is 3.84. The summed E-state index contributed by atoms with van der Waals surface area (Å²) in [5, 5.41) is 2.30. The summed E-state index contributed by atoms with van der Waals surface area (Å²) >= 11 is 43.0. The Labute approximate surface area is 179 Å². The minimum absolute atomic E-state index is 0.281. The van der Waals surface area contributed by atoms with Crippen molar-refractivity contribution in [2.75, 3.05) is 0 Å². The van der Waals surface area contributed by atoms with Gasteiger partial charge in [0, 0.05) is 23.5 Å². The normalized spacial score (nSPS) is 11.0. The van der Waals surface area contributed by atoms with Crippen LogP contribution < -0.4 is 0 Å². The number of rotatable bonds is 2. The molecule has 0 aliphatic carbocycles. The Bertz CT molecular complexity index is 863. The zero-order valence-electron chi connectivity index (χ0n) is 12.1. The Hall–Kier alpha value is -0.380. The SMILES string of the molecule is Clc1cc(-c2cncc(-c3cc(Cl)c(Cl)c(Cl)c3)c2Cl)cc(Cl)c1Cl. The molecule has 0 bridgehead atoms. The van der Waals surface area contributed by atoms with Gasteiger partial charge in [0.25, 0.3) is 0 Å². The van der Waals surface area contributed by atoms with E-state index in [9.17, 15) is 0 Å². The van der Waals surface area contributed by atoms with Gasteiger partial charge in [0.2, 0.25) is 0 Å². The zero-order valence-corrected chi connectivity index (χ0v) is 17.3. The molecular weight excluding hydrogens is 466 g/mol. The molecule has 3 aromatic rings. The molecule has 0 amide bonds. The minimum atomic E-state index is 0.281. The fourth-order valence-corrected chi connectivity index (χ4v) is 3.78. The summed E-state index contributed by atoms with van der Waals surface area (Å²) in [7, 11) is 0. The average molecular weight is 472 g/mol. The fraction of sp³-hybridized carbons (Fsp3) is 0. The molecular formula is C17H6Cl7N. The summed E-state index contributed by atoms with van der Waals surface area (Å²) in [6.45, 7) is 0. The van der Waals surface area contributed by atoms with Crippen LogP contribution in [0.15, 0.2) is 36.7 Å². The molecule has 128 valence electrons. The van der Waals surface area contributed by atoms with E-state index in [2.05, 4.69) is 4.98 Å². The van der Waals surface area contributed by atoms with Crippen molar-refractivity contribution in [1.82, 2.24) is 4.98 Å². The Morgan fingerprint density at radius 2 is 0.800 bits per heavy atom. The highest BCUT2D eigenvalue weighted by Gasteiger charge is 2.16. The number of nitrogens with zero attached hydrogens (tertiary/aromatic N) is 1. The highest BCUT2D eigenvalue weighted by Crippen LogP contribution is 2.42. The van der Waals surface area contributed by atoms with Crippen molar-refractivity contribution in [3.05, 3.63) is 71.8 Å². The lowest BCUT2D eigenvalue weighted by molar-refractivity contribution is 1.33. The second kappa shape index (κ2) is 7.70. The fourth-order valence-electron chi connectivity index (χ4n) is 2.27. The van der Waals surface area contributed by atoms with E-state index in [0.29, 0.717) is 47.4 Å². The van der Waals surface area contributed by atoms with Crippen LogP contribution in [-0.4, -0.2) is 4.98 Å². The van der Waals surface area contributed by atoms with Gasteiger partial charge < -0.3 is 0 Å². The van der Waals surface area contributed by atoms with Crippen LogP contribution in [0.25, 0.3) is 22.3 Å². The Kier molecular flexibility index (Phi) is 5.97. The summed E-state index contributed by atoms with van der Waals surface area (Å²) in [4.78, 5) is 4.24. The van der Waals surface area contributed by atoms with Crippen molar-refractivity contribution in [1.29, 1.82) is 0 Å². The molecule has 0 N–H and O–H groups in total. The van der Waals surface area contributed by atoms with Crippen molar-refractivity contribution in [3.8, 4) is 22.3 Å². The van der Waals surface area contributed by atoms with Crippen LogP contribution in [0.1, 0.15) is 0 Å². The number of hydrogen-bond acceptors (Lipinski definition) is 1. The molecule has 0 aliphatic rings. The standard InChI is InChI=1S/C17H6Cl7N/c18-11-1-7(2-12(19)16(11)23)9-5-25-6-10(15(9)22)8-3-13(20)17(24)14(21)4-8/h1-6H. The van der Waals surface area contributed by atoms with Gasteiger partial charge >= 0.3 is 0 Å². The monoisotopic (exact) mass is 469 g/mol. The molecule has 0 saturated heterocycles. The smallest absolute Gasteiger partial charge is 0.0778 e. The van der Waals surface area contributed by atoms with E-state index in [1.54, 1.807) is 36.7 Å². The Balaban J connectivity index is 2.19. The highest BCUT2D eigenvalue weighted by molar-refractivity contribution is 6.49. The van der Waals surface area contributed by atoms with Crippen molar-refractivity contribution in [2.24, 2.45) is 0 Å². The molecule has 2 aromatic carbocycles. The summed E-state index contributed by atoms with van der Waals surface area (Å²) in [5.41, 5.74) is 2.65. The second-order valence-corrected chi connectivity index (χ2v) is 7.82. The van der Waals surface area contributed by atoms with Crippen molar-refractivity contribution in [2.45, 2.75) is 0 Å². The van der Waals surface area contributed by atoms with Crippen molar-refractivity contribution in [3.63, 3.8) is 0 Å². The summed E-state index contributed by atoms with van der Waals surface area (Å²) in [6, 6.07) is 6.68. The molecule has 1 aromatic heterocycles. The minimum Gasteiger partial charge on any atom is -0.263 e. The van der Waals surface area contributed by atoms with Gasteiger partial charge in [0.05, 0.1) is 35.2 Å². The van der Waals surface area contributed by atoms with Crippen LogP contribution in [0.3, 0.4) is 0 Å². The molecule has 0 aliphatic heterocycles. The molecule has 0 atom stereocenters. The zero-order chi connectivity index (χ0) is 18.3. The number of pyridine rings is 1. The van der Waals surface area contributed by atoms with Gasteiger partial charge in [-0.25, -0.2) is 0 Å². The van der Waals surface area contributed by atoms with Crippen molar-refractivity contribution >= 4 is 81.2 Å². The first kappa shape index (κ1) is 19.4. The van der Waals surface area contributed by atoms with Crippen LogP contribution in [0.4, 0.5) is 0 Å². The number of halogens is 7. The average Bonchev–Trinajstić information content (AvgIpc) is 2.57. The first-order valence-electron chi connectivity index (χ1n) is 6.73. The van der Waals surface area contributed by atoms with E-state index in [4.69, 9.17) is 81.2 Å². The highest BCUT2D eigenvalue weighted by atomic mass is 35.5. The van der Waals surface area contributed by atoms with Gasteiger partial charge in [-0.2, -0.15) is 0 Å². The van der Waals surface area contributed by atoms with E-state index < -0.39 is 0 Å². The van der Waals surface area contributed by atoms with Crippen LogP contribution in [0.5, 0.6) is 0 Å². The van der Waals surface area contributed by atoms with Gasteiger partial charge in [-0.3, -0.25) is 4.98 Å². The van der Waals surface area contributed by atoms with E-state index in [1.807, 2.05) is 0 Å². The maximum Gasteiger partial charge on any atom is 0.0778 e. The predicted molar refractivity (Wildman–Crippen MR) is 110 cm³/mol. The van der Waals surface area contributed by atoms with Gasteiger partial charge in [-0.05, 0) is 35.4 Å². The van der Waals surface area contributed by atoms with E-state index in [0.717, 1.165) is 0 Å². The molecule has 0 unspecified atom stereocenters. The van der Waals surface area contributed by atoms with E-state index in [1.165, 1.54) is 0 Å². The van der Waals surface area contributed by atoms with E-state index in [-0.39, 0.29) is 10.0 Å². The van der Waals surface area contributed by atoms with Crippen molar-refractivity contribution < 1.29 is 0 Å². The number of aromatic nitrogens is 1. The van der Waals surface area contributed by atoms with Crippen LogP contribution in [-0.2, 0) is 0 Å². The Morgan fingerprint density at radius 3 is 1.12 bits per heavy atom. The largest absolute Gasteiger partial charge is 0.263 e. The van der Waals surface area contributed by atoms with E-state index >= 15 is 0 Å². The summed E-state index contributed by atoms with van der Waals surface area (Å²) < 4.78 is 0. The lowest BCUT2D eigenvalue weighted by Gasteiger charge is -2.12. The first-order chi connectivity index (χ1) is 11.8. The maximum absolute atomic E-state index is 6.59. The quantitative estimate of drug-likeness (QED) is 0.339. The molecule has 8 heteroatoms. The summed E-state index contributed by atoms with van der Waals surface area (Å²) in [6.07, 6.45) is 3.22. The topological polar surface area (TPSA) is 12.9 Å². The molecule has 0 radical (unpaired) electrons. The molecule has 1 heterocycles. The molecule has 25 heavy (non-hydrogen) atoms. The van der Waals surface area contributed by atoms with Crippen LogP contribution >= 0.6 is 81.2 Å².